The molecular formula is C24H23N5O4. The molecule has 9 heteroatoms. The van der Waals surface area contributed by atoms with E-state index in [9.17, 15) is 14.9 Å². The number of hydrogen-bond acceptors (Lipinski definition) is 8. The van der Waals surface area contributed by atoms with Gasteiger partial charge in [0.25, 0.3) is 5.56 Å². The molecule has 0 aliphatic rings. The summed E-state index contributed by atoms with van der Waals surface area (Å²) in [5, 5.41) is 13.4. The Morgan fingerprint density at radius 3 is 2.67 bits per heavy atom. The van der Waals surface area contributed by atoms with Crippen molar-refractivity contribution in [1.29, 1.82) is 5.26 Å². The van der Waals surface area contributed by atoms with Gasteiger partial charge in [0, 0.05) is 12.0 Å². The van der Waals surface area contributed by atoms with Crippen LogP contribution in [0.3, 0.4) is 0 Å². The van der Waals surface area contributed by atoms with Gasteiger partial charge in [0.05, 0.1) is 25.1 Å². The molecule has 0 bridgehead atoms. The lowest BCUT2D eigenvalue weighted by molar-refractivity contribution is -0.143. The van der Waals surface area contributed by atoms with Gasteiger partial charge in [-0.1, -0.05) is 30.3 Å². The third-order valence-electron chi connectivity index (χ3n) is 4.44. The summed E-state index contributed by atoms with van der Waals surface area (Å²) in [5.41, 5.74) is 3.81. The molecule has 0 saturated carbocycles. The molecule has 0 radical (unpaired) electrons. The molecule has 0 spiro atoms. The third-order valence-corrected chi connectivity index (χ3v) is 4.44. The smallest absolute Gasteiger partial charge is 0.305 e. The lowest BCUT2D eigenvalue weighted by atomic mass is 10.1. The number of nitriles is 1. The molecule has 2 aromatic carbocycles. The second kappa shape index (κ2) is 11.8. The predicted octanol–water partition coefficient (Wildman–Crippen LogP) is 3.48. The van der Waals surface area contributed by atoms with Crippen LogP contribution in [0.4, 0.5) is 5.95 Å². The zero-order valence-corrected chi connectivity index (χ0v) is 18.1. The second-order valence-electron chi connectivity index (χ2n) is 6.81. The fourth-order valence-electron chi connectivity index (χ4n) is 2.89. The van der Waals surface area contributed by atoms with Crippen molar-refractivity contribution >= 4 is 18.1 Å². The molecule has 168 valence electrons. The van der Waals surface area contributed by atoms with Gasteiger partial charge in [-0.15, -0.1) is 0 Å². The van der Waals surface area contributed by atoms with E-state index < -0.39 is 5.56 Å². The first-order chi connectivity index (χ1) is 16.1. The average Bonchev–Trinajstić information content (AvgIpc) is 2.83. The van der Waals surface area contributed by atoms with E-state index in [1.54, 1.807) is 49.5 Å². The van der Waals surface area contributed by atoms with Crippen LogP contribution in [0.5, 0.6) is 5.75 Å². The summed E-state index contributed by atoms with van der Waals surface area (Å²) in [7, 11) is 0. The Labute approximate surface area is 190 Å². The highest BCUT2D eigenvalue weighted by atomic mass is 16.5. The summed E-state index contributed by atoms with van der Waals surface area (Å²) in [6, 6.07) is 18.1. The first-order valence-electron chi connectivity index (χ1n) is 10.4. The van der Waals surface area contributed by atoms with Crippen molar-refractivity contribution in [2.45, 2.75) is 19.8 Å². The lowest BCUT2D eigenvalue weighted by Gasteiger charge is -2.07. The number of rotatable bonds is 10. The standard InChI is InChI=1S/C24H23N5O4/c1-2-32-21(30)9-6-14-33-19-12-10-17(11-13-19)16-26-29-24-27-22(18-7-4-3-5-8-18)20(15-25)23(31)28-24/h3-5,7-8,10-13,16H,2,6,9,14H2,1H3,(H2,27,28,29,31). The number of ether oxygens (including phenoxy) is 2. The summed E-state index contributed by atoms with van der Waals surface area (Å²) >= 11 is 0. The summed E-state index contributed by atoms with van der Waals surface area (Å²) in [5.74, 6) is 0.569. The number of H-pyrrole nitrogens is 1. The van der Waals surface area contributed by atoms with Crippen molar-refractivity contribution in [2.24, 2.45) is 5.10 Å². The van der Waals surface area contributed by atoms with Crippen LogP contribution in [0.2, 0.25) is 0 Å². The Balaban J connectivity index is 1.59. The topological polar surface area (TPSA) is 129 Å². The maximum atomic E-state index is 12.3. The van der Waals surface area contributed by atoms with E-state index >= 15 is 0 Å². The van der Waals surface area contributed by atoms with Crippen LogP contribution in [0.25, 0.3) is 11.3 Å². The molecule has 0 fully saturated rings. The van der Waals surface area contributed by atoms with E-state index in [4.69, 9.17) is 9.47 Å². The van der Waals surface area contributed by atoms with Gasteiger partial charge >= 0.3 is 5.97 Å². The number of hydrazone groups is 1. The van der Waals surface area contributed by atoms with Crippen LogP contribution >= 0.6 is 0 Å². The SMILES string of the molecule is CCOC(=O)CCCOc1ccc(C=NNc2nc(-c3ccccc3)c(C#N)c(=O)[nH]2)cc1. The maximum Gasteiger partial charge on any atom is 0.305 e. The number of hydrogen-bond donors (Lipinski definition) is 2. The number of nitrogens with zero attached hydrogens (tertiary/aromatic N) is 3. The first kappa shape index (κ1) is 23.2. The molecular weight excluding hydrogens is 422 g/mol. The fraction of sp³-hybridized carbons (Fsp3) is 0.208. The zero-order valence-electron chi connectivity index (χ0n) is 18.1. The minimum atomic E-state index is -0.548. The van der Waals surface area contributed by atoms with Crippen LogP contribution in [-0.4, -0.2) is 35.4 Å². The average molecular weight is 445 g/mol. The highest BCUT2D eigenvalue weighted by Crippen LogP contribution is 2.19. The summed E-state index contributed by atoms with van der Waals surface area (Å²) < 4.78 is 10.5. The van der Waals surface area contributed by atoms with Gasteiger partial charge in [-0.25, -0.2) is 10.4 Å². The van der Waals surface area contributed by atoms with Crippen LogP contribution in [0.1, 0.15) is 30.9 Å². The number of nitrogens with one attached hydrogen (secondary N) is 2. The molecule has 2 N–H and O–H groups in total. The molecule has 3 rings (SSSR count). The van der Waals surface area contributed by atoms with Crippen molar-refractivity contribution in [3.8, 4) is 23.1 Å². The van der Waals surface area contributed by atoms with Crippen LogP contribution in [0.15, 0.2) is 64.5 Å². The summed E-state index contributed by atoms with van der Waals surface area (Å²) in [4.78, 5) is 30.4. The molecule has 0 aliphatic heterocycles. The van der Waals surface area contributed by atoms with E-state index in [-0.39, 0.29) is 23.2 Å². The van der Waals surface area contributed by atoms with Crippen LogP contribution in [-0.2, 0) is 9.53 Å². The van der Waals surface area contributed by atoms with Gasteiger partial charge in [-0.3, -0.25) is 14.6 Å². The van der Waals surface area contributed by atoms with Crippen molar-refractivity contribution in [1.82, 2.24) is 9.97 Å². The van der Waals surface area contributed by atoms with Gasteiger partial charge < -0.3 is 9.47 Å². The van der Waals surface area contributed by atoms with Crippen LogP contribution < -0.4 is 15.7 Å². The normalized spacial score (nSPS) is 10.5. The molecule has 3 aromatic rings. The van der Waals surface area contributed by atoms with E-state index in [1.807, 2.05) is 24.3 Å². The molecule has 0 atom stereocenters. The van der Waals surface area contributed by atoms with Gasteiger partial charge in [0.2, 0.25) is 5.95 Å². The summed E-state index contributed by atoms with van der Waals surface area (Å²) in [6.07, 6.45) is 2.46. The highest BCUT2D eigenvalue weighted by Gasteiger charge is 2.12. The lowest BCUT2D eigenvalue weighted by Crippen LogP contribution is -2.16. The van der Waals surface area contributed by atoms with Crippen LogP contribution in [0, 0.1) is 11.3 Å². The minimum absolute atomic E-state index is 0.0615. The van der Waals surface area contributed by atoms with E-state index in [2.05, 4.69) is 20.5 Å². The number of carbonyl (C=O) groups is 1. The van der Waals surface area contributed by atoms with Gasteiger partial charge in [0.1, 0.15) is 17.4 Å². The van der Waals surface area contributed by atoms with Crippen molar-refractivity contribution in [2.75, 3.05) is 18.6 Å². The number of esters is 1. The highest BCUT2D eigenvalue weighted by molar-refractivity contribution is 5.80. The molecule has 0 aliphatic carbocycles. The van der Waals surface area contributed by atoms with Gasteiger partial charge in [-0.2, -0.15) is 10.4 Å². The number of benzene rings is 2. The van der Waals surface area contributed by atoms with Crippen molar-refractivity contribution in [3.63, 3.8) is 0 Å². The first-order valence-corrected chi connectivity index (χ1v) is 10.4. The Hall–Kier alpha value is -4.45. The van der Waals surface area contributed by atoms with Crippen molar-refractivity contribution in [3.05, 3.63) is 76.1 Å². The predicted molar refractivity (Wildman–Crippen MR) is 124 cm³/mol. The van der Waals surface area contributed by atoms with E-state index in [1.165, 1.54) is 0 Å². The molecule has 0 saturated heterocycles. The third kappa shape index (κ3) is 6.77. The van der Waals surface area contributed by atoms with Gasteiger partial charge in [0.15, 0.2) is 0 Å². The minimum Gasteiger partial charge on any atom is -0.494 e. The number of anilines is 1. The fourth-order valence-corrected chi connectivity index (χ4v) is 2.89. The molecule has 0 unspecified atom stereocenters. The molecule has 1 heterocycles. The molecule has 1 aromatic heterocycles. The Morgan fingerprint density at radius 2 is 1.97 bits per heavy atom. The molecule has 9 nitrogen and oxygen atoms in total. The van der Waals surface area contributed by atoms with E-state index in [0.717, 1.165) is 5.56 Å². The second-order valence-corrected chi connectivity index (χ2v) is 6.81. The number of aromatic nitrogens is 2. The summed E-state index contributed by atoms with van der Waals surface area (Å²) in [6.45, 7) is 2.56. The van der Waals surface area contributed by atoms with Crippen molar-refractivity contribution < 1.29 is 14.3 Å². The maximum absolute atomic E-state index is 12.3. The monoisotopic (exact) mass is 445 g/mol. The number of carbonyl (C=O) groups excluding carboxylic acids is 1. The van der Waals surface area contributed by atoms with E-state index in [0.29, 0.717) is 37.4 Å². The Kier molecular flexibility index (Phi) is 8.31. The quantitative estimate of drug-likeness (QED) is 0.211. The Bertz CT molecular complexity index is 1200. The Morgan fingerprint density at radius 1 is 1.21 bits per heavy atom. The molecule has 33 heavy (non-hydrogen) atoms. The largest absolute Gasteiger partial charge is 0.494 e. The van der Waals surface area contributed by atoms with Gasteiger partial charge in [-0.05, 0) is 43.2 Å². The number of aromatic amines is 1. The molecule has 0 amide bonds. The zero-order chi connectivity index (χ0) is 23.5.